The molecular formula is C19H19N3OS. The van der Waals surface area contributed by atoms with E-state index in [0.717, 1.165) is 22.5 Å². The standard InChI is InChI=1S/C19H19N3OS/c1-12-8-10-15(11-9-12)21-18(24)16-13(2)20-19(23)22-17(16)14-6-4-3-5-7-14/h3-11,17H,1-2H3,(H,21,24)(H2,20,22,23). The lowest BCUT2D eigenvalue weighted by molar-refractivity contribution is 0.239. The molecule has 1 unspecified atom stereocenters. The first-order chi connectivity index (χ1) is 11.5. The lowest BCUT2D eigenvalue weighted by Gasteiger charge is -2.30. The third-order valence-electron chi connectivity index (χ3n) is 3.96. The summed E-state index contributed by atoms with van der Waals surface area (Å²) >= 11 is 5.62. The second-order valence-electron chi connectivity index (χ2n) is 5.80. The zero-order valence-electron chi connectivity index (χ0n) is 13.6. The van der Waals surface area contributed by atoms with Gasteiger partial charge in [-0.1, -0.05) is 60.2 Å². The molecule has 1 aliphatic heterocycles. The summed E-state index contributed by atoms with van der Waals surface area (Å²) in [4.78, 5) is 12.5. The van der Waals surface area contributed by atoms with Crippen molar-refractivity contribution < 1.29 is 4.79 Å². The molecule has 0 spiro atoms. The Hall–Kier alpha value is -2.66. The monoisotopic (exact) mass is 337 g/mol. The van der Waals surface area contributed by atoms with E-state index >= 15 is 0 Å². The van der Waals surface area contributed by atoms with E-state index < -0.39 is 0 Å². The quantitative estimate of drug-likeness (QED) is 0.740. The van der Waals surface area contributed by atoms with Gasteiger partial charge in [-0.05, 0) is 31.5 Å². The van der Waals surface area contributed by atoms with Gasteiger partial charge in [0, 0.05) is 17.0 Å². The number of hydrogen-bond donors (Lipinski definition) is 3. The predicted molar refractivity (Wildman–Crippen MR) is 101 cm³/mol. The molecule has 0 bridgehead atoms. The molecule has 5 heteroatoms. The van der Waals surface area contributed by atoms with Gasteiger partial charge < -0.3 is 16.0 Å². The summed E-state index contributed by atoms with van der Waals surface area (Å²) in [6.07, 6.45) is 0. The van der Waals surface area contributed by atoms with Crippen molar-refractivity contribution in [2.45, 2.75) is 19.9 Å². The highest BCUT2D eigenvalue weighted by atomic mass is 32.1. The molecule has 3 rings (SSSR count). The number of amides is 2. The van der Waals surface area contributed by atoms with Crippen molar-refractivity contribution in [3.63, 3.8) is 0 Å². The van der Waals surface area contributed by atoms with Crippen LogP contribution in [0, 0.1) is 6.92 Å². The van der Waals surface area contributed by atoms with Crippen LogP contribution in [0.2, 0.25) is 0 Å². The van der Waals surface area contributed by atoms with E-state index in [1.807, 2.05) is 68.4 Å². The third kappa shape index (κ3) is 3.46. The van der Waals surface area contributed by atoms with E-state index in [2.05, 4.69) is 16.0 Å². The van der Waals surface area contributed by atoms with Crippen molar-refractivity contribution in [2.24, 2.45) is 0 Å². The van der Waals surface area contributed by atoms with Gasteiger partial charge in [-0.25, -0.2) is 4.79 Å². The lowest BCUT2D eigenvalue weighted by Crippen LogP contribution is -2.45. The number of allylic oxidation sites excluding steroid dienone is 1. The maximum atomic E-state index is 11.9. The predicted octanol–water partition coefficient (Wildman–Crippen LogP) is 4.06. The summed E-state index contributed by atoms with van der Waals surface area (Å²) in [5.41, 5.74) is 4.74. The average molecular weight is 337 g/mol. The minimum absolute atomic E-state index is 0.219. The normalized spacial score (nSPS) is 17.1. The summed E-state index contributed by atoms with van der Waals surface area (Å²) in [7, 11) is 0. The number of anilines is 1. The van der Waals surface area contributed by atoms with Crippen LogP contribution in [-0.4, -0.2) is 11.0 Å². The van der Waals surface area contributed by atoms with Gasteiger partial charge in [-0.2, -0.15) is 0 Å². The molecule has 3 N–H and O–H groups in total. The zero-order chi connectivity index (χ0) is 17.1. The Morgan fingerprint density at radius 3 is 2.38 bits per heavy atom. The van der Waals surface area contributed by atoms with Gasteiger partial charge in [-0.3, -0.25) is 0 Å². The zero-order valence-corrected chi connectivity index (χ0v) is 14.4. The number of rotatable bonds is 3. The molecule has 2 aromatic rings. The number of hydrogen-bond acceptors (Lipinski definition) is 2. The van der Waals surface area contributed by atoms with E-state index in [0.29, 0.717) is 4.99 Å². The largest absolute Gasteiger partial charge is 0.346 e. The molecule has 1 aliphatic rings. The SMILES string of the molecule is CC1=C(C(=S)Nc2ccc(C)cc2)C(c2ccccc2)NC(=O)N1. The van der Waals surface area contributed by atoms with E-state index in [-0.39, 0.29) is 12.1 Å². The van der Waals surface area contributed by atoms with Crippen molar-refractivity contribution in [2.75, 3.05) is 5.32 Å². The summed E-state index contributed by atoms with van der Waals surface area (Å²) in [5.74, 6) is 0. The van der Waals surface area contributed by atoms with Gasteiger partial charge in [0.05, 0.1) is 6.04 Å². The first-order valence-electron chi connectivity index (χ1n) is 7.76. The van der Waals surface area contributed by atoms with Crippen molar-refractivity contribution in [1.29, 1.82) is 0 Å². The van der Waals surface area contributed by atoms with Crippen LogP contribution in [0.3, 0.4) is 0 Å². The lowest BCUT2D eigenvalue weighted by atomic mass is 9.95. The van der Waals surface area contributed by atoms with Gasteiger partial charge in [0.2, 0.25) is 0 Å². The van der Waals surface area contributed by atoms with Crippen LogP contribution in [0.5, 0.6) is 0 Å². The molecule has 0 aliphatic carbocycles. The van der Waals surface area contributed by atoms with E-state index in [9.17, 15) is 4.79 Å². The van der Waals surface area contributed by atoms with Crippen molar-refractivity contribution in [1.82, 2.24) is 10.6 Å². The molecule has 4 nitrogen and oxygen atoms in total. The molecule has 0 fully saturated rings. The molecule has 0 aromatic heterocycles. The number of benzene rings is 2. The second-order valence-corrected chi connectivity index (χ2v) is 6.21. The smallest absolute Gasteiger partial charge is 0.319 e. The Balaban J connectivity index is 1.92. The Bertz CT molecular complexity index is 797. The molecule has 24 heavy (non-hydrogen) atoms. The summed E-state index contributed by atoms with van der Waals surface area (Å²) in [6.45, 7) is 3.91. The number of carbonyl (C=O) groups is 1. The first kappa shape index (κ1) is 16.2. The van der Waals surface area contributed by atoms with Gasteiger partial charge in [0.15, 0.2) is 0 Å². The fraction of sp³-hybridized carbons (Fsp3) is 0.158. The Morgan fingerprint density at radius 2 is 1.71 bits per heavy atom. The van der Waals surface area contributed by atoms with Gasteiger partial charge in [-0.15, -0.1) is 0 Å². The Labute approximate surface area is 147 Å². The third-order valence-corrected chi connectivity index (χ3v) is 4.28. The fourth-order valence-electron chi connectivity index (χ4n) is 2.73. The highest BCUT2D eigenvalue weighted by molar-refractivity contribution is 7.81. The minimum Gasteiger partial charge on any atom is -0.346 e. The molecule has 1 heterocycles. The fourth-order valence-corrected chi connectivity index (χ4v) is 3.11. The van der Waals surface area contributed by atoms with Gasteiger partial charge in [0.1, 0.15) is 4.99 Å². The Morgan fingerprint density at radius 1 is 1.04 bits per heavy atom. The van der Waals surface area contributed by atoms with E-state index in [1.54, 1.807) is 0 Å². The molecule has 2 aromatic carbocycles. The van der Waals surface area contributed by atoms with Crippen molar-refractivity contribution in [3.8, 4) is 0 Å². The van der Waals surface area contributed by atoms with Crippen molar-refractivity contribution in [3.05, 3.63) is 77.0 Å². The van der Waals surface area contributed by atoms with Crippen LogP contribution in [0.1, 0.15) is 24.1 Å². The first-order valence-corrected chi connectivity index (χ1v) is 8.16. The maximum Gasteiger partial charge on any atom is 0.319 e. The van der Waals surface area contributed by atoms with Crippen molar-refractivity contribution >= 4 is 28.9 Å². The molecule has 122 valence electrons. The van der Waals surface area contributed by atoms with Gasteiger partial charge >= 0.3 is 6.03 Å². The topological polar surface area (TPSA) is 53.2 Å². The highest BCUT2D eigenvalue weighted by Gasteiger charge is 2.28. The molecule has 0 radical (unpaired) electrons. The Kier molecular flexibility index (Phi) is 4.62. The summed E-state index contributed by atoms with van der Waals surface area (Å²) < 4.78 is 0. The van der Waals surface area contributed by atoms with Crippen LogP contribution in [0.25, 0.3) is 0 Å². The van der Waals surface area contributed by atoms with Crippen LogP contribution in [-0.2, 0) is 0 Å². The van der Waals surface area contributed by atoms with Crippen LogP contribution >= 0.6 is 12.2 Å². The summed E-state index contributed by atoms with van der Waals surface area (Å²) in [5, 5.41) is 9.03. The number of urea groups is 1. The molecule has 0 saturated heterocycles. The second kappa shape index (κ2) is 6.84. The number of carbonyl (C=O) groups excluding carboxylic acids is 1. The van der Waals surface area contributed by atoms with E-state index in [4.69, 9.17) is 12.2 Å². The maximum absolute atomic E-state index is 11.9. The number of nitrogens with one attached hydrogen (secondary N) is 3. The van der Waals surface area contributed by atoms with E-state index in [1.165, 1.54) is 5.56 Å². The van der Waals surface area contributed by atoms with Crippen LogP contribution < -0.4 is 16.0 Å². The molecule has 0 saturated carbocycles. The minimum atomic E-state index is -0.273. The number of aryl methyl sites for hydroxylation is 1. The average Bonchev–Trinajstić information content (AvgIpc) is 2.57. The number of thiocarbonyl (C=S) groups is 1. The van der Waals surface area contributed by atoms with Crippen LogP contribution in [0.15, 0.2) is 65.9 Å². The van der Waals surface area contributed by atoms with Gasteiger partial charge in [0.25, 0.3) is 0 Å². The summed E-state index contributed by atoms with van der Waals surface area (Å²) in [6, 6.07) is 17.4. The molecule has 2 amide bonds. The molecule has 1 atom stereocenters. The highest BCUT2D eigenvalue weighted by Crippen LogP contribution is 2.28. The van der Waals surface area contributed by atoms with Crippen LogP contribution in [0.4, 0.5) is 10.5 Å². The molecular weight excluding hydrogens is 318 g/mol.